The third-order valence-electron chi connectivity index (χ3n) is 5.10. The van der Waals surface area contributed by atoms with Gasteiger partial charge in [-0.2, -0.15) is 0 Å². The Morgan fingerprint density at radius 1 is 0.964 bits per heavy atom. The lowest BCUT2D eigenvalue weighted by Crippen LogP contribution is -2.16. The van der Waals surface area contributed by atoms with E-state index in [2.05, 4.69) is 41.8 Å². The van der Waals surface area contributed by atoms with E-state index >= 15 is 0 Å². The summed E-state index contributed by atoms with van der Waals surface area (Å²) in [7, 11) is 0. The Morgan fingerprint density at radius 3 is 2.61 bits per heavy atom. The molecule has 3 aromatic rings. The molecule has 28 heavy (non-hydrogen) atoms. The summed E-state index contributed by atoms with van der Waals surface area (Å²) in [5.74, 6) is 1.70. The zero-order chi connectivity index (χ0) is 19.3. The van der Waals surface area contributed by atoms with Crippen LogP contribution in [-0.4, -0.2) is 13.1 Å². The molecule has 0 fully saturated rings. The van der Waals surface area contributed by atoms with Crippen molar-refractivity contribution in [2.75, 3.05) is 18.4 Å². The van der Waals surface area contributed by atoms with Gasteiger partial charge in [0, 0.05) is 6.54 Å². The highest BCUT2D eigenvalue weighted by molar-refractivity contribution is 6.33. The van der Waals surface area contributed by atoms with Gasteiger partial charge in [-0.15, -0.1) is 0 Å². The predicted octanol–water partition coefficient (Wildman–Crippen LogP) is 5.74. The molecule has 0 saturated heterocycles. The Morgan fingerprint density at radius 2 is 1.79 bits per heavy atom. The summed E-state index contributed by atoms with van der Waals surface area (Å²) in [4.78, 5) is 0. The Balaban J connectivity index is 1.44. The molecule has 0 unspecified atom stereocenters. The maximum atomic E-state index is 6.51. The highest BCUT2D eigenvalue weighted by Gasteiger charge is 2.14. The molecule has 0 atom stereocenters. The molecule has 2 N–H and O–H groups in total. The van der Waals surface area contributed by atoms with Gasteiger partial charge in [0.25, 0.3) is 0 Å². The van der Waals surface area contributed by atoms with Crippen molar-refractivity contribution in [2.45, 2.75) is 26.3 Å². The summed E-state index contributed by atoms with van der Waals surface area (Å²) in [6.45, 7) is 4.81. The first-order valence-corrected chi connectivity index (χ1v) is 10.1. The van der Waals surface area contributed by atoms with E-state index in [9.17, 15) is 0 Å². The Kier molecular flexibility index (Phi) is 5.84. The van der Waals surface area contributed by atoms with Crippen molar-refractivity contribution in [1.82, 2.24) is 5.32 Å². The van der Waals surface area contributed by atoms with Crippen molar-refractivity contribution >= 4 is 17.3 Å². The van der Waals surface area contributed by atoms with Gasteiger partial charge in [-0.05, 0) is 85.4 Å². The van der Waals surface area contributed by atoms with Gasteiger partial charge in [0.2, 0.25) is 0 Å². The van der Waals surface area contributed by atoms with E-state index in [0.29, 0.717) is 0 Å². The summed E-state index contributed by atoms with van der Waals surface area (Å²) in [6, 6.07) is 20.4. The lowest BCUT2D eigenvalue weighted by molar-refractivity contribution is 0.482. The van der Waals surface area contributed by atoms with Crippen LogP contribution in [0.5, 0.6) is 11.5 Å². The second-order valence-corrected chi connectivity index (χ2v) is 7.63. The molecule has 0 aliphatic carbocycles. The highest BCUT2D eigenvalue weighted by atomic mass is 35.5. The van der Waals surface area contributed by atoms with E-state index in [4.69, 9.17) is 16.3 Å². The normalized spacial score (nSPS) is 13.5. The second-order valence-electron chi connectivity index (χ2n) is 7.23. The number of nitrogens with one attached hydrogen (secondary N) is 2. The fourth-order valence-electron chi connectivity index (χ4n) is 3.62. The maximum absolute atomic E-state index is 6.51. The average Bonchev–Trinajstić information content (AvgIpc) is 2.94. The van der Waals surface area contributed by atoms with E-state index in [1.807, 2.05) is 36.4 Å². The molecule has 0 amide bonds. The number of aryl methyl sites for hydroxylation is 1. The number of anilines is 1. The average molecular weight is 393 g/mol. The number of benzene rings is 3. The minimum absolute atomic E-state index is 0.730. The molecule has 144 valence electrons. The molecule has 3 nitrogen and oxygen atoms in total. The fourth-order valence-corrected chi connectivity index (χ4v) is 3.86. The maximum Gasteiger partial charge on any atom is 0.127 e. The zero-order valence-corrected chi connectivity index (χ0v) is 16.9. The molecule has 0 bridgehead atoms. The van der Waals surface area contributed by atoms with Crippen molar-refractivity contribution in [3.63, 3.8) is 0 Å². The van der Waals surface area contributed by atoms with E-state index in [1.54, 1.807) is 0 Å². The van der Waals surface area contributed by atoms with Gasteiger partial charge in [-0.1, -0.05) is 41.9 Å². The lowest BCUT2D eigenvalue weighted by Gasteiger charge is -2.16. The van der Waals surface area contributed by atoms with Crippen LogP contribution in [0.25, 0.3) is 0 Å². The molecule has 0 radical (unpaired) electrons. The van der Waals surface area contributed by atoms with Gasteiger partial charge in [0.05, 0.1) is 10.7 Å². The van der Waals surface area contributed by atoms with Crippen LogP contribution in [0.1, 0.15) is 22.3 Å². The third-order valence-corrected chi connectivity index (χ3v) is 5.41. The van der Waals surface area contributed by atoms with Gasteiger partial charge in [-0.3, -0.25) is 0 Å². The number of rotatable bonds is 5. The standard InChI is InChI=1S/C24H25ClN2O/c1-17-3-2-4-21(15-17)28-20-8-5-18(6-9-20)16-27-24-22-12-14-26-13-11-19(22)7-10-23(24)25/h2-10,15,26-27H,11-14,16H2,1H3. The van der Waals surface area contributed by atoms with Crippen LogP contribution in [0, 0.1) is 6.92 Å². The van der Waals surface area contributed by atoms with Crippen LogP contribution in [-0.2, 0) is 19.4 Å². The Bertz CT molecular complexity index is 953. The van der Waals surface area contributed by atoms with E-state index in [-0.39, 0.29) is 0 Å². The molecule has 0 spiro atoms. The number of hydrogen-bond acceptors (Lipinski definition) is 3. The second kappa shape index (κ2) is 8.68. The SMILES string of the molecule is Cc1cccc(Oc2ccc(CNc3c(Cl)ccc4c3CCNCC4)cc2)c1. The molecule has 3 aromatic carbocycles. The Hall–Kier alpha value is -2.49. The molecule has 1 heterocycles. The number of halogens is 1. The summed E-state index contributed by atoms with van der Waals surface area (Å²) in [5.41, 5.74) is 6.18. The van der Waals surface area contributed by atoms with Gasteiger partial charge < -0.3 is 15.4 Å². The van der Waals surface area contributed by atoms with E-state index < -0.39 is 0 Å². The smallest absolute Gasteiger partial charge is 0.127 e. The molecule has 4 heteroatoms. The molecule has 1 aliphatic heterocycles. The van der Waals surface area contributed by atoms with Crippen LogP contribution in [0.4, 0.5) is 5.69 Å². The minimum Gasteiger partial charge on any atom is -0.457 e. The van der Waals surface area contributed by atoms with Crippen LogP contribution in [0.3, 0.4) is 0 Å². The summed E-state index contributed by atoms with van der Waals surface area (Å²) in [6.07, 6.45) is 2.05. The van der Waals surface area contributed by atoms with Crippen molar-refractivity contribution in [3.05, 3.63) is 87.9 Å². The molecular formula is C24H25ClN2O. The summed E-state index contributed by atoms with van der Waals surface area (Å²) >= 11 is 6.51. The minimum atomic E-state index is 0.730. The van der Waals surface area contributed by atoms with E-state index in [1.165, 1.54) is 22.3 Å². The highest BCUT2D eigenvalue weighted by Crippen LogP contribution is 2.31. The largest absolute Gasteiger partial charge is 0.457 e. The van der Waals surface area contributed by atoms with E-state index in [0.717, 1.165) is 54.7 Å². The number of fused-ring (bicyclic) bond motifs is 1. The fraction of sp³-hybridized carbons (Fsp3) is 0.250. The zero-order valence-electron chi connectivity index (χ0n) is 16.1. The van der Waals surface area contributed by atoms with Crippen LogP contribution >= 0.6 is 11.6 Å². The van der Waals surface area contributed by atoms with Crippen LogP contribution < -0.4 is 15.4 Å². The van der Waals surface area contributed by atoms with Crippen LogP contribution in [0.15, 0.2) is 60.7 Å². The van der Waals surface area contributed by atoms with Gasteiger partial charge >= 0.3 is 0 Å². The van der Waals surface area contributed by atoms with Crippen molar-refractivity contribution < 1.29 is 4.74 Å². The van der Waals surface area contributed by atoms with Crippen molar-refractivity contribution in [1.29, 1.82) is 0 Å². The first-order chi connectivity index (χ1) is 13.7. The molecule has 4 rings (SSSR count). The molecule has 0 aromatic heterocycles. The van der Waals surface area contributed by atoms with Crippen molar-refractivity contribution in [2.24, 2.45) is 0 Å². The first-order valence-electron chi connectivity index (χ1n) is 9.77. The number of ether oxygens (including phenoxy) is 1. The lowest BCUT2D eigenvalue weighted by atomic mass is 10.0. The molecular weight excluding hydrogens is 368 g/mol. The van der Waals surface area contributed by atoms with Crippen molar-refractivity contribution in [3.8, 4) is 11.5 Å². The predicted molar refractivity (Wildman–Crippen MR) is 117 cm³/mol. The Labute approximate surface area is 171 Å². The summed E-state index contributed by atoms with van der Waals surface area (Å²) < 4.78 is 5.94. The summed E-state index contributed by atoms with van der Waals surface area (Å²) in [5, 5.41) is 7.81. The van der Waals surface area contributed by atoms with Crippen LogP contribution in [0.2, 0.25) is 5.02 Å². The number of hydrogen-bond donors (Lipinski definition) is 2. The van der Waals surface area contributed by atoms with Gasteiger partial charge in [0.15, 0.2) is 0 Å². The molecule has 0 saturated carbocycles. The first kappa shape index (κ1) is 18.9. The molecule has 1 aliphatic rings. The topological polar surface area (TPSA) is 33.3 Å². The van der Waals surface area contributed by atoms with Gasteiger partial charge in [-0.25, -0.2) is 0 Å². The third kappa shape index (κ3) is 4.49. The van der Waals surface area contributed by atoms with Gasteiger partial charge in [0.1, 0.15) is 11.5 Å². The monoisotopic (exact) mass is 392 g/mol. The quantitative estimate of drug-likeness (QED) is 0.580.